The van der Waals surface area contributed by atoms with Crippen LogP contribution in [0, 0.1) is 0 Å². The minimum absolute atomic E-state index is 0.164. The highest BCUT2D eigenvalue weighted by Crippen LogP contribution is 2.21. The first-order valence-corrected chi connectivity index (χ1v) is 10.2. The Hall–Kier alpha value is -0.850. The maximum atomic E-state index is 6.07. The minimum Gasteiger partial charge on any atom is -0.376 e. The summed E-state index contributed by atoms with van der Waals surface area (Å²) in [7, 11) is 1.85. The van der Waals surface area contributed by atoms with Crippen molar-refractivity contribution in [1.29, 1.82) is 0 Å². The first-order valence-electron chi connectivity index (χ1n) is 10.2. The Kier molecular flexibility index (Phi) is 7.82. The van der Waals surface area contributed by atoms with Gasteiger partial charge in [-0.15, -0.1) is 0 Å². The Bertz CT molecular complexity index is 405. The Morgan fingerprint density at radius 1 is 1.04 bits per heavy atom. The van der Waals surface area contributed by atoms with Gasteiger partial charge in [-0.2, -0.15) is 0 Å². The van der Waals surface area contributed by atoms with Gasteiger partial charge in [0.2, 0.25) is 0 Å². The van der Waals surface area contributed by atoms with Gasteiger partial charge in [0.05, 0.1) is 25.4 Å². The second-order valence-electron chi connectivity index (χ2n) is 7.37. The number of nitrogens with zero attached hydrogens (tertiary/aromatic N) is 2. The number of rotatable bonds is 5. The van der Waals surface area contributed by atoms with Gasteiger partial charge in [-0.05, 0) is 25.7 Å². The highest BCUT2D eigenvalue weighted by Gasteiger charge is 2.32. The van der Waals surface area contributed by atoms with E-state index in [0.717, 1.165) is 58.3 Å². The maximum Gasteiger partial charge on any atom is 0.193 e. The van der Waals surface area contributed by atoms with Crippen LogP contribution in [0.4, 0.5) is 0 Å². The number of hydrogen-bond donors (Lipinski definition) is 1. The van der Waals surface area contributed by atoms with Gasteiger partial charge in [-0.3, -0.25) is 4.99 Å². The van der Waals surface area contributed by atoms with E-state index in [1.54, 1.807) is 0 Å². The third kappa shape index (κ3) is 5.83. The number of morpholine rings is 1. The summed E-state index contributed by atoms with van der Waals surface area (Å²) in [6.07, 6.45) is 10.9. The summed E-state index contributed by atoms with van der Waals surface area (Å²) in [5.74, 6) is 0.954. The molecule has 6 heteroatoms. The average Bonchev–Trinajstić information content (AvgIpc) is 3.07. The topological polar surface area (TPSA) is 55.3 Å². The lowest BCUT2D eigenvalue weighted by Gasteiger charge is -2.37. The fraction of sp³-hybridized carbons (Fsp3) is 0.947. The standard InChI is InChI=1S/C19H35N3O3/c1-20-19(21-10-13-23-16-7-4-2-3-5-8-16)22-11-14-25-18(15-22)17-9-6-12-24-17/h16-18H,2-15H2,1H3,(H,20,21). The number of ether oxygens (including phenoxy) is 3. The molecule has 0 aromatic rings. The summed E-state index contributed by atoms with van der Waals surface area (Å²) >= 11 is 0. The lowest BCUT2D eigenvalue weighted by atomic mass is 10.1. The normalized spacial score (nSPS) is 29.6. The molecule has 3 fully saturated rings. The second kappa shape index (κ2) is 10.3. The van der Waals surface area contributed by atoms with E-state index >= 15 is 0 Å². The van der Waals surface area contributed by atoms with Gasteiger partial charge in [-0.1, -0.05) is 25.7 Å². The SMILES string of the molecule is CN=C(NCCOC1CCCCCC1)N1CCOC(C2CCCO2)C1. The molecule has 0 amide bonds. The largest absolute Gasteiger partial charge is 0.376 e. The van der Waals surface area contributed by atoms with Crippen LogP contribution in [0.25, 0.3) is 0 Å². The summed E-state index contributed by atoms with van der Waals surface area (Å²) in [5.41, 5.74) is 0. The summed E-state index contributed by atoms with van der Waals surface area (Å²) in [4.78, 5) is 6.74. The zero-order valence-electron chi connectivity index (χ0n) is 15.8. The van der Waals surface area contributed by atoms with E-state index in [1.165, 1.54) is 38.5 Å². The Balaban J connectivity index is 1.38. The Morgan fingerprint density at radius 2 is 1.84 bits per heavy atom. The van der Waals surface area contributed by atoms with Crippen LogP contribution in [0.2, 0.25) is 0 Å². The van der Waals surface area contributed by atoms with Crippen LogP contribution in [0.1, 0.15) is 51.4 Å². The molecule has 0 aromatic heterocycles. The van der Waals surface area contributed by atoms with E-state index in [-0.39, 0.29) is 12.2 Å². The average molecular weight is 354 g/mol. The van der Waals surface area contributed by atoms with Gasteiger partial charge in [-0.25, -0.2) is 0 Å². The van der Waals surface area contributed by atoms with Crippen LogP contribution in [0.3, 0.4) is 0 Å². The van der Waals surface area contributed by atoms with Crippen LogP contribution in [0.15, 0.2) is 4.99 Å². The third-order valence-electron chi connectivity index (χ3n) is 5.53. The summed E-state index contributed by atoms with van der Waals surface area (Å²) in [5, 5.41) is 3.46. The summed E-state index contributed by atoms with van der Waals surface area (Å²) in [6, 6.07) is 0. The molecule has 3 rings (SSSR count). The summed E-state index contributed by atoms with van der Waals surface area (Å²) in [6.45, 7) is 4.91. The van der Waals surface area contributed by atoms with Crippen molar-refractivity contribution in [2.75, 3.05) is 46.5 Å². The molecule has 2 unspecified atom stereocenters. The molecule has 0 bridgehead atoms. The highest BCUT2D eigenvalue weighted by atomic mass is 16.5. The van der Waals surface area contributed by atoms with Crippen molar-refractivity contribution in [1.82, 2.24) is 10.2 Å². The fourth-order valence-electron chi connectivity index (χ4n) is 4.12. The monoisotopic (exact) mass is 353 g/mol. The fourth-order valence-corrected chi connectivity index (χ4v) is 4.12. The molecule has 25 heavy (non-hydrogen) atoms. The Morgan fingerprint density at radius 3 is 2.56 bits per heavy atom. The van der Waals surface area contributed by atoms with E-state index in [4.69, 9.17) is 14.2 Å². The zero-order chi connectivity index (χ0) is 17.3. The molecule has 2 aliphatic heterocycles. The predicted octanol–water partition coefficient (Wildman–Crippen LogP) is 2.18. The van der Waals surface area contributed by atoms with Crippen LogP contribution < -0.4 is 5.32 Å². The molecule has 2 heterocycles. The third-order valence-corrected chi connectivity index (χ3v) is 5.53. The van der Waals surface area contributed by atoms with E-state index < -0.39 is 0 Å². The number of nitrogens with one attached hydrogen (secondary N) is 1. The molecule has 2 atom stereocenters. The first kappa shape index (κ1) is 18.9. The number of aliphatic imine (C=N–C) groups is 1. The van der Waals surface area contributed by atoms with Gasteiger partial charge >= 0.3 is 0 Å². The van der Waals surface area contributed by atoms with Crippen LogP contribution in [0.5, 0.6) is 0 Å². The number of hydrogen-bond acceptors (Lipinski definition) is 4. The molecule has 0 aromatic carbocycles. The van der Waals surface area contributed by atoms with E-state index in [9.17, 15) is 0 Å². The molecule has 2 saturated heterocycles. The highest BCUT2D eigenvalue weighted by molar-refractivity contribution is 5.80. The molecular formula is C19H35N3O3. The van der Waals surface area contributed by atoms with Gasteiger partial charge in [0, 0.05) is 33.3 Å². The quantitative estimate of drug-likeness (QED) is 0.355. The van der Waals surface area contributed by atoms with Crippen molar-refractivity contribution in [2.24, 2.45) is 4.99 Å². The van der Waals surface area contributed by atoms with Crippen LogP contribution in [-0.4, -0.2) is 75.7 Å². The Labute approximate surface area is 152 Å². The van der Waals surface area contributed by atoms with Gasteiger partial charge in [0.25, 0.3) is 0 Å². The molecule has 144 valence electrons. The molecule has 1 aliphatic carbocycles. The van der Waals surface area contributed by atoms with Gasteiger partial charge in [0.1, 0.15) is 6.10 Å². The lowest BCUT2D eigenvalue weighted by Crippen LogP contribution is -2.53. The molecule has 0 radical (unpaired) electrons. The van der Waals surface area contributed by atoms with Gasteiger partial charge in [0.15, 0.2) is 5.96 Å². The molecule has 6 nitrogen and oxygen atoms in total. The van der Waals surface area contributed by atoms with E-state index in [0.29, 0.717) is 6.10 Å². The molecule has 1 saturated carbocycles. The smallest absolute Gasteiger partial charge is 0.193 e. The second-order valence-corrected chi connectivity index (χ2v) is 7.37. The van der Waals surface area contributed by atoms with E-state index in [2.05, 4.69) is 15.2 Å². The maximum absolute atomic E-state index is 6.07. The molecule has 1 N–H and O–H groups in total. The van der Waals surface area contributed by atoms with Crippen molar-refractivity contribution < 1.29 is 14.2 Å². The molecular weight excluding hydrogens is 318 g/mol. The van der Waals surface area contributed by atoms with Crippen molar-refractivity contribution in [3.8, 4) is 0 Å². The van der Waals surface area contributed by atoms with Crippen molar-refractivity contribution in [3.63, 3.8) is 0 Å². The number of guanidine groups is 1. The van der Waals surface area contributed by atoms with Crippen molar-refractivity contribution in [3.05, 3.63) is 0 Å². The van der Waals surface area contributed by atoms with Crippen LogP contribution in [-0.2, 0) is 14.2 Å². The van der Waals surface area contributed by atoms with Crippen molar-refractivity contribution >= 4 is 5.96 Å². The lowest BCUT2D eigenvalue weighted by molar-refractivity contribution is -0.0817. The van der Waals surface area contributed by atoms with Crippen LogP contribution >= 0.6 is 0 Å². The molecule has 3 aliphatic rings. The van der Waals surface area contributed by atoms with E-state index in [1.807, 2.05) is 7.05 Å². The first-order chi connectivity index (χ1) is 12.4. The minimum atomic E-state index is 0.164. The molecule has 0 spiro atoms. The van der Waals surface area contributed by atoms with Crippen molar-refractivity contribution in [2.45, 2.75) is 69.7 Å². The zero-order valence-corrected chi connectivity index (χ0v) is 15.8. The predicted molar refractivity (Wildman–Crippen MR) is 99.1 cm³/mol. The van der Waals surface area contributed by atoms with Gasteiger partial charge < -0.3 is 24.4 Å². The summed E-state index contributed by atoms with van der Waals surface area (Å²) < 4.78 is 17.8.